The van der Waals surface area contributed by atoms with Crippen LogP contribution in [0, 0.1) is 0 Å². The fourth-order valence-electron chi connectivity index (χ4n) is 4.91. The molecule has 4 heterocycles. The molecule has 3 aromatic rings. The van der Waals surface area contributed by atoms with Crippen molar-refractivity contribution in [2.75, 3.05) is 0 Å². The normalized spacial score (nSPS) is 24.5. The van der Waals surface area contributed by atoms with Crippen molar-refractivity contribution in [3.05, 3.63) is 47.9 Å². The lowest BCUT2D eigenvalue weighted by molar-refractivity contribution is -0.248. The van der Waals surface area contributed by atoms with Crippen molar-refractivity contribution in [2.24, 2.45) is 0 Å². The number of aromatic nitrogens is 6. The number of Topliss-reactive ketones (excluding diaryl/α,β-unsaturated/α-hetero) is 1. The van der Waals surface area contributed by atoms with Crippen molar-refractivity contribution in [1.82, 2.24) is 30.0 Å². The molecule has 2 aliphatic heterocycles. The number of ether oxygens (including phenoxy) is 4. The highest BCUT2D eigenvalue weighted by molar-refractivity contribution is 6.00. The minimum atomic E-state index is -1.26. The zero-order valence-corrected chi connectivity index (χ0v) is 21.4. The molecule has 14 heteroatoms. The first-order valence-electron chi connectivity index (χ1n) is 12.3. The Morgan fingerprint density at radius 2 is 1.51 bits per heavy atom. The Morgan fingerprint density at radius 1 is 0.872 bits per heavy atom. The number of carbonyl (C=O) groups excluding carboxylic acids is 4. The van der Waals surface area contributed by atoms with Crippen LogP contribution in [0.1, 0.15) is 43.4 Å². The Morgan fingerprint density at radius 3 is 2.18 bits per heavy atom. The Labute approximate surface area is 222 Å². The van der Waals surface area contributed by atoms with E-state index in [1.165, 1.54) is 25.5 Å². The number of carbonyl (C=O) groups is 4. The summed E-state index contributed by atoms with van der Waals surface area (Å²) in [6, 6.07) is 9.17. The summed E-state index contributed by atoms with van der Waals surface area (Å²) in [5, 5.41) is 16.7. The van der Waals surface area contributed by atoms with E-state index in [4.69, 9.17) is 18.9 Å². The van der Waals surface area contributed by atoms with Crippen molar-refractivity contribution in [3.63, 3.8) is 0 Å². The predicted octanol–water partition coefficient (Wildman–Crippen LogP) is 0.734. The molecule has 1 fully saturated rings. The molecule has 14 nitrogen and oxygen atoms in total. The zero-order chi connectivity index (χ0) is 27.7. The maximum Gasteiger partial charge on any atom is 0.303 e. The van der Waals surface area contributed by atoms with Crippen LogP contribution in [0.3, 0.4) is 0 Å². The van der Waals surface area contributed by atoms with Gasteiger partial charge < -0.3 is 18.9 Å². The van der Waals surface area contributed by atoms with Crippen molar-refractivity contribution in [1.29, 1.82) is 0 Å². The minimum absolute atomic E-state index is 0.0353. The highest BCUT2D eigenvalue weighted by Gasteiger charge is 2.52. The fraction of sp³-hybridized carbons (Fsp3) is 0.440. The van der Waals surface area contributed by atoms with Crippen LogP contribution in [0.5, 0.6) is 0 Å². The molecule has 204 valence electrons. The maximum absolute atomic E-state index is 13.7. The second kappa shape index (κ2) is 10.7. The SMILES string of the molecule is CC(=O)O[C@@H]1[C@@H](OC(C)=O)[C@@H]2CC(=O)c3nnn(c3-c3ccccc3)Cc3cn(nn3)C[C@@H](O2)[C@H]1OC(C)=O. The Hall–Kier alpha value is -4.46. The summed E-state index contributed by atoms with van der Waals surface area (Å²) >= 11 is 0. The smallest absolute Gasteiger partial charge is 0.303 e. The van der Waals surface area contributed by atoms with Crippen molar-refractivity contribution < 1.29 is 38.1 Å². The summed E-state index contributed by atoms with van der Waals surface area (Å²) in [7, 11) is 0. The van der Waals surface area contributed by atoms with E-state index in [9.17, 15) is 19.2 Å². The molecule has 1 aromatic carbocycles. The number of esters is 3. The van der Waals surface area contributed by atoms with Gasteiger partial charge in [0.25, 0.3) is 0 Å². The third kappa shape index (κ3) is 5.55. The third-order valence-corrected chi connectivity index (χ3v) is 6.33. The minimum Gasteiger partial charge on any atom is -0.456 e. The van der Waals surface area contributed by atoms with Gasteiger partial charge in [0.05, 0.1) is 19.3 Å². The molecule has 6 bridgehead atoms. The van der Waals surface area contributed by atoms with E-state index in [-0.39, 0.29) is 25.2 Å². The Bertz CT molecular complexity index is 1400. The molecule has 39 heavy (non-hydrogen) atoms. The summed E-state index contributed by atoms with van der Waals surface area (Å²) in [5.41, 5.74) is 1.79. The standard InChI is InChI=1S/C25H26N6O8/c1-13(32)36-23-19-9-18(35)21-22(16-7-5-4-6-8-16)31(29-27-21)11-17-10-30(28-26-17)12-20(39-19)24(37-14(2)33)25(23)38-15(3)34/h4-8,10,19-20,23-25H,9,11-12H2,1-3H3/t19-,20+,23-,24+,25+/m0/s1. The molecule has 0 radical (unpaired) electrons. The molecule has 0 N–H and O–H groups in total. The van der Waals surface area contributed by atoms with Crippen LogP contribution in [0.15, 0.2) is 36.5 Å². The number of hydrogen-bond donors (Lipinski definition) is 0. The maximum atomic E-state index is 13.7. The van der Waals surface area contributed by atoms with Crippen LogP contribution >= 0.6 is 0 Å². The third-order valence-electron chi connectivity index (χ3n) is 6.33. The van der Waals surface area contributed by atoms with Gasteiger partial charge in [-0.3, -0.25) is 19.2 Å². The van der Waals surface area contributed by atoms with Crippen LogP contribution in [0.25, 0.3) is 11.3 Å². The average molecular weight is 539 g/mol. The van der Waals surface area contributed by atoms with E-state index in [1.54, 1.807) is 10.9 Å². The summed E-state index contributed by atoms with van der Waals surface area (Å²) in [5.74, 6) is -2.50. The second-order valence-corrected chi connectivity index (χ2v) is 9.30. The molecule has 2 aliphatic rings. The van der Waals surface area contributed by atoms with Gasteiger partial charge in [-0.05, 0) is 0 Å². The largest absolute Gasteiger partial charge is 0.456 e. The van der Waals surface area contributed by atoms with Crippen LogP contribution in [-0.2, 0) is 46.4 Å². The number of nitrogens with zero attached hydrogens (tertiary/aromatic N) is 6. The van der Waals surface area contributed by atoms with Gasteiger partial charge in [-0.2, -0.15) is 0 Å². The summed E-state index contributed by atoms with van der Waals surface area (Å²) < 4.78 is 25.9. The first-order valence-corrected chi connectivity index (χ1v) is 12.3. The number of benzene rings is 1. The first-order chi connectivity index (χ1) is 18.7. The molecule has 5 rings (SSSR count). The molecular weight excluding hydrogens is 512 g/mol. The monoisotopic (exact) mass is 538 g/mol. The lowest BCUT2D eigenvalue weighted by atomic mass is 9.90. The second-order valence-electron chi connectivity index (χ2n) is 9.30. The zero-order valence-electron chi connectivity index (χ0n) is 21.4. The van der Waals surface area contributed by atoms with Gasteiger partial charge in [-0.15, -0.1) is 10.2 Å². The van der Waals surface area contributed by atoms with E-state index in [0.29, 0.717) is 17.0 Å². The Balaban J connectivity index is 1.63. The molecule has 2 aromatic heterocycles. The van der Waals surface area contributed by atoms with Gasteiger partial charge in [0.1, 0.15) is 23.6 Å². The molecule has 5 atom stereocenters. The number of ketones is 1. The van der Waals surface area contributed by atoms with Gasteiger partial charge in [-0.1, -0.05) is 40.8 Å². The lowest BCUT2D eigenvalue weighted by Crippen LogP contribution is -2.62. The van der Waals surface area contributed by atoms with Crippen molar-refractivity contribution in [2.45, 2.75) is 70.8 Å². The molecule has 0 spiro atoms. The predicted molar refractivity (Wildman–Crippen MR) is 129 cm³/mol. The highest BCUT2D eigenvalue weighted by atomic mass is 16.6. The van der Waals surface area contributed by atoms with Crippen LogP contribution in [0.2, 0.25) is 0 Å². The molecule has 1 saturated heterocycles. The summed E-state index contributed by atoms with van der Waals surface area (Å²) in [4.78, 5) is 50.0. The van der Waals surface area contributed by atoms with E-state index in [1.807, 2.05) is 30.3 Å². The van der Waals surface area contributed by atoms with E-state index < -0.39 is 54.2 Å². The molecular formula is C25H26N6O8. The number of fused-ring (bicyclic) bond motifs is 6. The van der Waals surface area contributed by atoms with Gasteiger partial charge in [0.2, 0.25) is 0 Å². The molecule has 0 unspecified atom stereocenters. The van der Waals surface area contributed by atoms with Gasteiger partial charge in [-0.25, -0.2) is 9.36 Å². The quantitative estimate of drug-likeness (QED) is 0.338. The van der Waals surface area contributed by atoms with Gasteiger partial charge in [0, 0.05) is 32.8 Å². The average Bonchev–Trinajstić information content (AvgIpc) is 3.50. The lowest BCUT2D eigenvalue weighted by Gasteiger charge is -2.44. The molecule has 0 aliphatic carbocycles. The van der Waals surface area contributed by atoms with Gasteiger partial charge >= 0.3 is 17.9 Å². The van der Waals surface area contributed by atoms with Crippen LogP contribution in [0.4, 0.5) is 0 Å². The summed E-state index contributed by atoms with van der Waals surface area (Å²) in [6.07, 6.45) is -4.33. The highest BCUT2D eigenvalue weighted by Crippen LogP contribution is 2.33. The molecule has 0 amide bonds. The van der Waals surface area contributed by atoms with Crippen LogP contribution < -0.4 is 0 Å². The fourth-order valence-corrected chi connectivity index (χ4v) is 4.91. The number of rotatable bonds is 4. The summed E-state index contributed by atoms with van der Waals surface area (Å²) in [6.45, 7) is 3.76. The van der Waals surface area contributed by atoms with Crippen molar-refractivity contribution in [3.8, 4) is 11.3 Å². The van der Waals surface area contributed by atoms with E-state index in [0.717, 1.165) is 0 Å². The van der Waals surface area contributed by atoms with E-state index >= 15 is 0 Å². The van der Waals surface area contributed by atoms with Gasteiger partial charge in [0.15, 0.2) is 29.8 Å². The number of hydrogen-bond acceptors (Lipinski definition) is 12. The Kier molecular flexibility index (Phi) is 7.19. The first kappa shape index (κ1) is 26.2. The van der Waals surface area contributed by atoms with E-state index in [2.05, 4.69) is 20.6 Å². The van der Waals surface area contributed by atoms with Crippen LogP contribution in [-0.4, -0.2) is 84.2 Å². The topological polar surface area (TPSA) is 167 Å². The van der Waals surface area contributed by atoms with Crippen molar-refractivity contribution >= 4 is 23.7 Å². The molecule has 0 saturated carbocycles.